The molecule has 6 aliphatic rings. The van der Waals surface area contributed by atoms with Crippen LogP contribution >= 0.6 is 0 Å². The summed E-state index contributed by atoms with van der Waals surface area (Å²) in [6.45, 7) is 0.952. The zero-order valence-corrected chi connectivity index (χ0v) is 25.4. The molecule has 2 aromatic carbocycles. The predicted octanol–water partition coefficient (Wildman–Crippen LogP) is 8.05. The van der Waals surface area contributed by atoms with E-state index in [0.29, 0.717) is 17.8 Å². The lowest BCUT2D eigenvalue weighted by atomic mass is 9.71. The average Bonchev–Trinajstić information content (AvgIpc) is 3.64. The maximum absolute atomic E-state index is 4.98. The van der Waals surface area contributed by atoms with Crippen LogP contribution in [0.15, 0.2) is 89.5 Å². The molecule has 2 heterocycles. The molecule has 222 valence electrons. The van der Waals surface area contributed by atoms with Crippen molar-refractivity contribution in [2.45, 2.75) is 95.0 Å². The zero-order chi connectivity index (χ0) is 28.6. The largest absolute Gasteiger partial charge is 0.289 e. The lowest BCUT2D eigenvalue weighted by Gasteiger charge is -2.44. The van der Waals surface area contributed by atoms with E-state index in [2.05, 4.69) is 94.9 Å². The summed E-state index contributed by atoms with van der Waals surface area (Å²) in [5.41, 5.74) is 11.1. The molecule has 1 fully saturated rings. The first kappa shape index (κ1) is 27.5. The van der Waals surface area contributed by atoms with Gasteiger partial charge in [-0.2, -0.15) is 0 Å². The standard InChI is InChI=1S/C39H46N4/c1-3-12-26(13-4-1)37-41-38(27-14-5-2-6-15-27)43-39(42-37)31-23-29(22-30(24-31)36-20-11-21-40-36)35-25-28-16-7-8-17-32(28)33-18-9-10-19-34(33)35/h1,3,8-10,14,17-19,22-26,28,32,37-39,41-43H,2,4-7,11-13,15-16,20-21H2. The third-order valence-corrected chi connectivity index (χ3v) is 10.8. The number of benzene rings is 2. The summed E-state index contributed by atoms with van der Waals surface area (Å²) in [6.07, 6.45) is 28.5. The first-order valence-electron chi connectivity index (χ1n) is 17.1. The van der Waals surface area contributed by atoms with Gasteiger partial charge in [0.15, 0.2) is 0 Å². The van der Waals surface area contributed by atoms with Gasteiger partial charge in [0.25, 0.3) is 0 Å². The number of hydrogen-bond acceptors (Lipinski definition) is 4. The van der Waals surface area contributed by atoms with Crippen molar-refractivity contribution in [1.82, 2.24) is 16.0 Å². The molecule has 8 rings (SSSR count). The molecule has 4 heteroatoms. The van der Waals surface area contributed by atoms with Crippen LogP contribution in [0.2, 0.25) is 0 Å². The van der Waals surface area contributed by atoms with Crippen LogP contribution in [0.4, 0.5) is 0 Å². The summed E-state index contributed by atoms with van der Waals surface area (Å²) >= 11 is 0. The second kappa shape index (κ2) is 12.1. The van der Waals surface area contributed by atoms with E-state index in [1.807, 2.05) is 0 Å². The molecule has 4 nitrogen and oxygen atoms in total. The fourth-order valence-electron chi connectivity index (χ4n) is 8.47. The third kappa shape index (κ3) is 5.54. The Morgan fingerprint density at radius 3 is 2.53 bits per heavy atom. The van der Waals surface area contributed by atoms with Gasteiger partial charge in [0.2, 0.25) is 0 Å². The van der Waals surface area contributed by atoms with Gasteiger partial charge in [-0.05, 0) is 140 Å². The van der Waals surface area contributed by atoms with Gasteiger partial charge in [-0.15, -0.1) is 0 Å². The SMILES string of the molecule is C1=CC2c3ccccc3C(c3cc(C4=NCCC4)cc(C4NC(C5=CCCCC5)NC(C5CC=CCC5)N4)c3)=CC2CC1. The highest BCUT2D eigenvalue weighted by atomic mass is 15.4. The summed E-state index contributed by atoms with van der Waals surface area (Å²) in [5, 5.41) is 12.1. The second-order valence-electron chi connectivity index (χ2n) is 13.6. The Morgan fingerprint density at radius 1 is 0.767 bits per heavy atom. The molecule has 43 heavy (non-hydrogen) atoms. The molecule has 2 aromatic rings. The molecular formula is C39H46N4. The fourth-order valence-corrected chi connectivity index (χ4v) is 8.47. The molecule has 4 aliphatic carbocycles. The van der Waals surface area contributed by atoms with Crippen molar-refractivity contribution in [2.24, 2.45) is 16.8 Å². The number of hydrogen-bond donors (Lipinski definition) is 3. The fraction of sp³-hybridized carbons (Fsp3) is 0.462. The van der Waals surface area contributed by atoms with Crippen molar-refractivity contribution >= 4 is 11.3 Å². The Hall–Kier alpha value is -3.05. The highest BCUT2D eigenvalue weighted by molar-refractivity contribution is 6.02. The first-order valence-corrected chi connectivity index (χ1v) is 17.1. The molecule has 3 N–H and O–H groups in total. The highest BCUT2D eigenvalue weighted by Gasteiger charge is 2.35. The first-order chi connectivity index (χ1) is 21.3. The van der Waals surface area contributed by atoms with Gasteiger partial charge >= 0.3 is 0 Å². The summed E-state index contributed by atoms with van der Waals surface area (Å²) < 4.78 is 0. The minimum atomic E-state index is 0.0792. The van der Waals surface area contributed by atoms with Crippen molar-refractivity contribution in [3.05, 3.63) is 112 Å². The Kier molecular flexibility index (Phi) is 7.77. The maximum Gasteiger partial charge on any atom is 0.0862 e. The van der Waals surface area contributed by atoms with E-state index >= 15 is 0 Å². The number of allylic oxidation sites excluding steroid dienone is 6. The molecule has 0 radical (unpaired) electrons. The minimum absolute atomic E-state index is 0.0792. The summed E-state index contributed by atoms with van der Waals surface area (Å²) in [7, 11) is 0. The molecule has 0 aromatic heterocycles. The van der Waals surface area contributed by atoms with Crippen LogP contribution in [0.5, 0.6) is 0 Å². The van der Waals surface area contributed by atoms with Gasteiger partial charge in [0, 0.05) is 18.2 Å². The summed E-state index contributed by atoms with van der Waals surface area (Å²) in [4.78, 5) is 4.98. The molecule has 0 spiro atoms. The number of rotatable bonds is 5. The minimum Gasteiger partial charge on any atom is -0.289 e. The maximum atomic E-state index is 4.98. The van der Waals surface area contributed by atoms with Gasteiger partial charge < -0.3 is 0 Å². The second-order valence-corrected chi connectivity index (χ2v) is 13.6. The molecule has 1 saturated heterocycles. The van der Waals surface area contributed by atoms with Gasteiger partial charge in [-0.3, -0.25) is 20.9 Å². The Morgan fingerprint density at radius 2 is 1.67 bits per heavy atom. The smallest absolute Gasteiger partial charge is 0.0862 e. The van der Waals surface area contributed by atoms with Crippen LogP contribution in [0, 0.1) is 11.8 Å². The molecule has 6 atom stereocenters. The van der Waals surface area contributed by atoms with Gasteiger partial charge in [0.05, 0.1) is 18.5 Å². The normalized spacial score (nSPS) is 32.0. The molecule has 0 saturated carbocycles. The molecule has 6 unspecified atom stereocenters. The van der Waals surface area contributed by atoms with Gasteiger partial charge in [-0.1, -0.05) is 60.7 Å². The number of nitrogens with one attached hydrogen (secondary N) is 3. The van der Waals surface area contributed by atoms with Crippen LogP contribution < -0.4 is 16.0 Å². The predicted molar refractivity (Wildman–Crippen MR) is 178 cm³/mol. The quantitative estimate of drug-likeness (QED) is 0.319. The van der Waals surface area contributed by atoms with Crippen molar-refractivity contribution in [3.8, 4) is 0 Å². The lowest BCUT2D eigenvalue weighted by Crippen LogP contribution is -2.66. The Labute approximate surface area is 257 Å². The van der Waals surface area contributed by atoms with E-state index in [0.717, 1.165) is 25.8 Å². The van der Waals surface area contributed by atoms with E-state index in [-0.39, 0.29) is 18.5 Å². The van der Waals surface area contributed by atoms with Crippen LogP contribution in [0.3, 0.4) is 0 Å². The molecule has 0 bridgehead atoms. The van der Waals surface area contributed by atoms with Crippen molar-refractivity contribution < 1.29 is 0 Å². The topological polar surface area (TPSA) is 48.5 Å². The van der Waals surface area contributed by atoms with Crippen LogP contribution in [-0.4, -0.2) is 24.6 Å². The van der Waals surface area contributed by atoms with Crippen molar-refractivity contribution in [2.75, 3.05) is 6.54 Å². The van der Waals surface area contributed by atoms with E-state index in [9.17, 15) is 0 Å². The average molecular weight is 571 g/mol. The molecular weight excluding hydrogens is 524 g/mol. The van der Waals surface area contributed by atoms with Gasteiger partial charge in [-0.25, -0.2) is 0 Å². The van der Waals surface area contributed by atoms with E-state index in [1.54, 1.807) is 5.57 Å². The molecule has 2 aliphatic heterocycles. The Bertz CT molecular complexity index is 1510. The molecule has 0 amide bonds. The van der Waals surface area contributed by atoms with Crippen LogP contribution in [0.25, 0.3) is 5.57 Å². The third-order valence-electron chi connectivity index (χ3n) is 10.8. The zero-order valence-electron chi connectivity index (χ0n) is 25.4. The van der Waals surface area contributed by atoms with Crippen LogP contribution in [-0.2, 0) is 0 Å². The monoisotopic (exact) mass is 570 g/mol. The van der Waals surface area contributed by atoms with Crippen molar-refractivity contribution in [3.63, 3.8) is 0 Å². The Balaban J connectivity index is 1.21. The van der Waals surface area contributed by atoms with Crippen molar-refractivity contribution in [1.29, 1.82) is 0 Å². The van der Waals surface area contributed by atoms with Crippen LogP contribution in [0.1, 0.15) is 111 Å². The number of aliphatic imine (C=N–C) groups is 1. The number of nitrogens with zero attached hydrogens (tertiary/aromatic N) is 1. The van der Waals surface area contributed by atoms with E-state index < -0.39 is 0 Å². The highest BCUT2D eigenvalue weighted by Crippen LogP contribution is 2.45. The summed E-state index contributed by atoms with van der Waals surface area (Å²) in [6, 6.07) is 16.5. The lowest BCUT2D eigenvalue weighted by molar-refractivity contribution is 0.159. The van der Waals surface area contributed by atoms with E-state index in [4.69, 9.17) is 4.99 Å². The van der Waals surface area contributed by atoms with Gasteiger partial charge in [0.1, 0.15) is 0 Å². The number of fused-ring (bicyclic) bond motifs is 3. The summed E-state index contributed by atoms with van der Waals surface area (Å²) in [5.74, 6) is 1.66. The van der Waals surface area contributed by atoms with E-state index in [1.165, 1.54) is 90.5 Å².